The van der Waals surface area contributed by atoms with E-state index in [1.54, 1.807) is 7.11 Å². The third-order valence-corrected chi connectivity index (χ3v) is 3.90. The van der Waals surface area contributed by atoms with Crippen molar-refractivity contribution in [1.29, 1.82) is 0 Å². The second-order valence-electron chi connectivity index (χ2n) is 5.37. The maximum absolute atomic E-state index is 12.8. The topological polar surface area (TPSA) is 41.6 Å². The smallest absolute Gasteiger partial charge is 0.257 e. The third-order valence-electron chi connectivity index (χ3n) is 3.90. The minimum Gasteiger partial charge on any atom is -0.497 e. The molecule has 4 nitrogen and oxygen atoms in total. The summed E-state index contributed by atoms with van der Waals surface area (Å²) in [5.74, 6) is 0.867. The molecule has 1 atom stereocenters. The SMILES string of the molecule is CCCN1C(=O)c2ccccc2N[C@@H]1c1cccc(OC)c1. The lowest BCUT2D eigenvalue weighted by atomic mass is 10.0. The lowest BCUT2D eigenvalue weighted by Gasteiger charge is -2.38. The normalized spacial score (nSPS) is 16.9. The molecular formula is C18H20N2O2. The molecule has 1 amide bonds. The van der Waals surface area contributed by atoms with Gasteiger partial charge in [-0.3, -0.25) is 4.79 Å². The lowest BCUT2D eigenvalue weighted by Crippen LogP contribution is -2.43. The predicted octanol–water partition coefficient (Wildman–Crippen LogP) is 3.67. The van der Waals surface area contributed by atoms with Gasteiger partial charge in [0.15, 0.2) is 0 Å². The van der Waals surface area contributed by atoms with Gasteiger partial charge in [-0.2, -0.15) is 0 Å². The zero-order valence-corrected chi connectivity index (χ0v) is 12.9. The standard InChI is InChI=1S/C18H20N2O2/c1-3-11-20-17(13-7-6-8-14(12-13)22-2)19-16-10-5-4-9-15(16)18(20)21/h4-10,12,17,19H,3,11H2,1-2H3/t17-/m0/s1. The van der Waals surface area contributed by atoms with Gasteiger partial charge < -0.3 is 15.0 Å². The molecule has 0 unspecified atom stereocenters. The van der Waals surface area contributed by atoms with E-state index < -0.39 is 0 Å². The second-order valence-corrected chi connectivity index (χ2v) is 5.37. The third kappa shape index (κ3) is 2.52. The minimum atomic E-state index is -0.169. The van der Waals surface area contributed by atoms with Crippen LogP contribution in [0, 0.1) is 0 Å². The van der Waals surface area contributed by atoms with Gasteiger partial charge in [0.1, 0.15) is 11.9 Å². The molecule has 0 fully saturated rings. The van der Waals surface area contributed by atoms with Gasteiger partial charge in [-0.15, -0.1) is 0 Å². The summed E-state index contributed by atoms with van der Waals surface area (Å²) in [6, 6.07) is 15.5. The number of para-hydroxylation sites is 1. The molecule has 0 aromatic heterocycles. The number of hydrogen-bond acceptors (Lipinski definition) is 3. The molecule has 0 aliphatic carbocycles. The average Bonchev–Trinajstić information content (AvgIpc) is 2.57. The molecule has 3 rings (SSSR count). The van der Waals surface area contributed by atoms with E-state index in [0.717, 1.165) is 29.0 Å². The number of anilines is 1. The van der Waals surface area contributed by atoms with E-state index in [9.17, 15) is 4.79 Å². The van der Waals surface area contributed by atoms with Crippen LogP contribution in [0.2, 0.25) is 0 Å². The highest BCUT2D eigenvalue weighted by atomic mass is 16.5. The predicted molar refractivity (Wildman–Crippen MR) is 87.1 cm³/mol. The van der Waals surface area contributed by atoms with E-state index in [1.165, 1.54) is 0 Å². The minimum absolute atomic E-state index is 0.0732. The van der Waals surface area contributed by atoms with Crippen molar-refractivity contribution in [2.24, 2.45) is 0 Å². The van der Waals surface area contributed by atoms with Gasteiger partial charge in [0, 0.05) is 12.2 Å². The first-order chi connectivity index (χ1) is 10.7. The quantitative estimate of drug-likeness (QED) is 0.936. The van der Waals surface area contributed by atoms with Crippen molar-refractivity contribution < 1.29 is 9.53 Å². The molecule has 0 spiro atoms. The second kappa shape index (κ2) is 6.10. The van der Waals surface area contributed by atoms with Crippen molar-refractivity contribution in [2.45, 2.75) is 19.5 Å². The molecule has 114 valence electrons. The highest BCUT2D eigenvalue weighted by Crippen LogP contribution is 2.34. The number of rotatable bonds is 4. The van der Waals surface area contributed by atoms with Crippen LogP contribution in [-0.2, 0) is 0 Å². The summed E-state index contributed by atoms with van der Waals surface area (Å²) in [6.07, 6.45) is 0.744. The van der Waals surface area contributed by atoms with E-state index in [4.69, 9.17) is 4.74 Å². The Hall–Kier alpha value is -2.49. The fourth-order valence-electron chi connectivity index (χ4n) is 2.84. The van der Waals surface area contributed by atoms with Crippen LogP contribution in [0.5, 0.6) is 5.75 Å². The molecule has 4 heteroatoms. The number of benzene rings is 2. The molecular weight excluding hydrogens is 276 g/mol. The summed E-state index contributed by atoms with van der Waals surface area (Å²) in [5, 5.41) is 3.48. The highest BCUT2D eigenvalue weighted by molar-refractivity contribution is 6.01. The number of nitrogens with one attached hydrogen (secondary N) is 1. The molecule has 1 N–H and O–H groups in total. The number of carbonyl (C=O) groups excluding carboxylic acids is 1. The molecule has 2 aromatic carbocycles. The van der Waals surface area contributed by atoms with Crippen LogP contribution in [0.15, 0.2) is 48.5 Å². The van der Waals surface area contributed by atoms with Crippen LogP contribution in [0.25, 0.3) is 0 Å². The first kappa shape index (κ1) is 14.4. The Labute approximate surface area is 130 Å². The van der Waals surface area contributed by atoms with Gasteiger partial charge >= 0.3 is 0 Å². The van der Waals surface area contributed by atoms with Crippen molar-refractivity contribution in [3.05, 3.63) is 59.7 Å². The molecule has 1 aliphatic rings. The molecule has 1 heterocycles. The molecule has 0 bridgehead atoms. The van der Waals surface area contributed by atoms with Crippen LogP contribution in [0.4, 0.5) is 5.69 Å². The molecule has 0 radical (unpaired) electrons. The summed E-state index contributed by atoms with van der Waals surface area (Å²) in [7, 11) is 1.65. The Kier molecular flexibility index (Phi) is 4.00. The molecule has 1 aliphatic heterocycles. The van der Waals surface area contributed by atoms with Crippen LogP contribution in [0.1, 0.15) is 35.4 Å². The van der Waals surface area contributed by atoms with Crippen molar-refractivity contribution in [2.75, 3.05) is 19.0 Å². The Morgan fingerprint density at radius 3 is 2.77 bits per heavy atom. The fourth-order valence-corrected chi connectivity index (χ4v) is 2.84. The Morgan fingerprint density at radius 2 is 2.00 bits per heavy atom. The van der Waals surface area contributed by atoms with E-state index in [2.05, 4.69) is 12.2 Å². The highest BCUT2D eigenvalue weighted by Gasteiger charge is 2.32. The molecule has 0 saturated carbocycles. The summed E-state index contributed by atoms with van der Waals surface area (Å²) >= 11 is 0. The van der Waals surface area contributed by atoms with Crippen molar-refractivity contribution >= 4 is 11.6 Å². The Balaban J connectivity index is 2.03. The summed E-state index contributed by atoms with van der Waals surface area (Å²) in [4.78, 5) is 14.7. The number of ether oxygens (including phenoxy) is 1. The van der Waals surface area contributed by atoms with E-state index in [1.807, 2.05) is 53.4 Å². The Morgan fingerprint density at radius 1 is 1.18 bits per heavy atom. The number of nitrogens with zero attached hydrogens (tertiary/aromatic N) is 1. The number of carbonyl (C=O) groups is 1. The first-order valence-corrected chi connectivity index (χ1v) is 7.55. The van der Waals surface area contributed by atoms with Crippen LogP contribution >= 0.6 is 0 Å². The maximum Gasteiger partial charge on any atom is 0.257 e. The van der Waals surface area contributed by atoms with Crippen LogP contribution < -0.4 is 10.1 Å². The fraction of sp³-hybridized carbons (Fsp3) is 0.278. The van der Waals surface area contributed by atoms with Crippen molar-refractivity contribution in [3.8, 4) is 5.75 Å². The van der Waals surface area contributed by atoms with E-state index in [0.29, 0.717) is 6.54 Å². The Bertz CT molecular complexity index is 684. The van der Waals surface area contributed by atoms with Crippen molar-refractivity contribution in [3.63, 3.8) is 0 Å². The zero-order chi connectivity index (χ0) is 15.5. The van der Waals surface area contributed by atoms with Gasteiger partial charge in [-0.1, -0.05) is 31.2 Å². The van der Waals surface area contributed by atoms with Crippen LogP contribution in [-0.4, -0.2) is 24.5 Å². The lowest BCUT2D eigenvalue weighted by molar-refractivity contribution is 0.0683. The van der Waals surface area contributed by atoms with Gasteiger partial charge in [-0.25, -0.2) is 0 Å². The summed E-state index contributed by atoms with van der Waals surface area (Å²) in [6.45, 7) is 2.79. The number of amides is 1. The van der Waals surface area contributed by atoms with E-state index in [-0.39, 0.29) is 12.1 Å². The first-order valence-electron chi connectivity index (χ1n) is 7.55. The summed E-state index contributed by atoms with van der Waals surface area (Å²) in [5.41, 5.74) is 2.64. The number of hydrogen-bond donors (Lipinski definition) is 1. The molecule has 22 heavy (non-hydrogen) atoms. The van der Waals surface area contributed by atoms with Gasteiger partial charge in [-0.05, 0) is 36.2 Å². The average molecular weight is 296 g/mol. The van der Waals surface area contributed by atoms with Crippen LogP contribution in [0.3, 0.4) is 0 Å². The van der Waals surface area contributed by atoms with E-state index >= 15 is 0 Å². The zero-order valence-electron chi connectivity index (χ0n) is 12.9. The number of methoxy groups -OCH3 is 1. The molecule has 2 aromatic rings. The maximum atomic E-state index is 12.8. The molecule has 0 saturated heterocycles. The van der Waals surface area contributed by atoms with Gasteiger partial charge in [0.25, 0.3) is 5.91 Å². The summed E-state index contributed by atoms with van der Waals surface area (Å²) < 4.78 is 5.31. The van der Waals surface area contributed by atoms with Crippen molar-refractivity contribution in [1.82, 2.24) is 4.90 Å². The monoisotopic (exact) mass is 296 g/mol. The number of fused-ring (bicyclic) bond motifs is 1. The van der Waals surface area contributed by atoms with Gasteiger partial charge in [0.05, 0.1) is 12.7 Å². The van der Waals surface area contributed by atoms with Gasteiger partial charge in [0.2, 0.25) is 0 Å². The largest absolute Gasteiger partial charge is 0.497 e.